The topological polar surface area (TPSA) is 43.1 Å². The van der Waals surface area contributed by atoms with E-state index in [2.05, 4.69) is 0 Å². The van der Waals surface area contributed by atoms with Crippen LogP contribution in [0.2, 0.25) is 0 Å². The van der Waals surface area contributed by atoms with Crippen molar-refractivity contribution in [2.75, 3.05) is 0 Å². The van der Waals surface area contributed by atoms with E-state index in [0.29, 0.717) is 12.3 Å². The lowest BCUT2D eigenvalue weighted by Gasteiger charge is -2.08. The van der Waals surface area contributed by atoms with Crippen LogP contribution in [0.4, 0.5) is 4.39 Å². The highest BCUT2D eigenvalue weighted by molar-refractivity contribution is 5.81. The van der Waals surface area contributed by atoms with Gasteiger partial charge in [-0.05, 0) is 36.5 Å². The van der Waals surface area contributed by atoms with E-state index in [4.69, 9.17) is 5.73 Å². The molecule has 3 heteroatoms. The molecule has 0 aliphatic heterocycles. The first-order chi connectivity index (χ1) is 7.65. The highest BCUT2D eigenvalue weighted by atomic mass is 19.1. The van der Waals surface area contributed by atoms with Crippen molar-refractivity contribution in [3.8, 4) is 0 Å². The normalized spacial score (nSPS) is 17.1. The van der Waals surface area contributed by atoms with Crippen LogP contribution in [0.5, 0.6) is 0 Å². The molecule has 1 saturated carbocycles. The Labute approximate surface area is 94.6 Å². The van der Waals surface area contributed by atoms with Crippen molar-refractivity contribution in [3.63, 3.8) is 0 Å². The molecule has 1 aromatic carbocycles. The van der Waals surface area contributed by atoms with Gasteiger partial charge < -0.3 is 5.73 Å². The summed E-state index contributed by atoms with van der Waals surface area (Å²) in [5.41, 5.74) is 6.60. The van der Waals surface area contributed by atoms with Crippen molar-refractivity contribution in [2.45, 2.75) is 31.7 Å². The summed E-state index contributed by atoms with van der Waals surface area (Å²) < 4.78 is 12.9. The lowest BCUT2D eigenvalue weighted by molar-refractivity contribution is -0.118. The minimum absolute atomic E-state index is 0.000981. The van der Waals surface area contributed by atoms with Crippen LogP contribution in [0, 0.1) is 11.7 Å². The Morgan fingerprint density at radius 2 is 2.25 bits per heavy atom. The molecule has 16 heavy (non-hydrogen) atoms. The van der Waals surface area contributed by atoms with Gasteiger partial charge in [0.25, 0.3) is 0 Å². The molecule has 1 aliphatic carbocycles. The molecule has 0 aromatic heterocycles. The van der Waals surface area contributed by atoms with E-state index in [1.165, 1.54) is 12.1 Å². The molecule has 2 rings (SSSR count). The number of nitrogens with two attached hydrogens (primary N) is 1. The summed E-state index contributed by atoms with van der Waals surface area (Å²) in [5.74, 6) is 0.346. The van der Waals surface area contributed by atoms with Gasteiger partial charge in [-0.25, -0.2) is 4.39 Å². The van der Waals surface area contributed by atoms with E-state index in [1.807, 2.05) is 0 Å². The summed E-state index contributed by atoms with van der Waals surface area (Å²) in [6, 6.07) is 6.17. The van der Waals surface area contributed by atoms with E-state index < -0.39 is 0 Å². The minimum Gasteiger partial charge on any atom is -0.327 e. The van der Waals surface area contributed by atoms with Crippen molar-refractivity contribution in [3.05, 3.63) is 35.6 Å². The monoisotopic (exact) mass is 221 g/mol. The fraction of sp³-hybridized carbons (Fsp3) is 0.462. The van der Waals surface area contributed by atoms with Gasteiger partial charge >= 0.3 is 0 Å². The van der Waals surface area contributed by atoms with Gasteiger partial charge in [0.05, 0.1) is 0 Å². The van der Waals surface area contributed by atoms with Gasteiger partial charge in [-0.15, -0.1) is 0 Å². The first kappa shape index (κ1) is 11.3. The number of rotatable bonds is 5. The second-order valence-electron chi connectivity index (χ2n) is 4.55. The number of halogens is 1. The standard InChI is InChI=1S/C13H16FNO/c14-11-3-1-2-9(6-11)7-12(16)8-13(15)10-4-5-10/h1-3,6,10,13H,4-5,7-8,15H2. The minimum atomic E-state index is -0.295. The fourth-order valence-corrected chi connectivity index (χ4v) is 1.90. The Balaban J connectivity index is 1.86. The molecule has 1 atom stereocenters. The van der Waals surface area contributed by atoms with Crippen LogP contribution in [0.25, 0.3) is 0 Å². The van der Waals surface area contributed by atoms with Crippen LogP contribution in [0.15, 0.2) is 24.3 Å². The molecule has 0 amide bonds. The smallest absolute Gasteiger partial charge is 0.138 e. The highest BCUT2D eigenvalue weighted by Crippen LogP contribution is 2.32. The SMILES string of the molecule is NC(CC(=O)Cc1cccc(F)c1)C1CC1. The molecule has 1 aliphatic rings. The molecular formula is C13H16FNO. The first-order valence-electron chi connectivity index (χ1n) is 5.67. The van der Waals surface area contributed by atoms with Crippen molar-refractivity contribution in [1.82, 2.24) is 0 Å². The van der Waals surface area contributed by atoms with Crippen molar-refractivity contribution in [1.29, 1.82) is 0 Å². The largest absolute Gasteiger partial charge is 0.327 e. The van der Waals surface area contributed by atoms with Crippen molar-refractivity contribution >= 4 is 5.78 Å². The molecule has 0 radical (unpaired) electrons. The van der Waals surface area contributed by atoms with Crippen LogP contribution in [0.3, 0.4) is 0 Å². The number of carbonyl (C=O) groups is 1. The van der Waals surface area contributed by atoms with Crippen LogP contribution < -0.4 is 5.73 Å². The lowest BCUT2D eigenvalue weighted by Crippen LogP contribution is -2.26. The molecule has 0 spiro atoms. The zero-order valence-electron chi connectivity index (χ0n) is 9.16. The zero-order chi connectivity index (χ0) is 11.5. The van der Waals surface area contributed by atoms with Crippen LogP contribution in [-0.4, -0.2) is 11.8 Å². The molecule has 2 nitrogen and oxygen atoms in total. The fourth-order valence-electron chi connectivity index (χ4n) is 1.90. The van der Waals surface area contributed by atoms with Crippen molar-refractivity contribution in [2.24, 2.45) is 11.7 Å². The summed E-state index contributed by atoms with van der Waals surface area (Å²) in [5, 5.41) is 0. The van der Waals surface area contributed by atoms with E-state index in [9.17, 15) is 9.18 Å². The molecular weight excluding hydrogens is 205 g/mol. The summed E-state index contributed by atoms with van der Waals surface area (Å²) in [6.45, 7) is 0. The Morgan fingerprint density at radius 1 is 1.50 bits per heavy atom. The summed E-state index contributed by atoms with van der Waals surface area (Å²) in [6.07, 6.45) is 3.00. The zero-order valence-corrected chi connectivity index (χ0v) is 9.16. The predicted octanol–water partition coefficient (Wildman–Crippen LogP) is 2.06. The van der Waals surface area contributed by atoms with E-state index in [1.54, 1.807) is 12.1 Å². The quantitative estimate of drug-likeness (QED) is 0.827. The molecule has 0 bridgehead atoms. The maximum atomic E-state index is 12.9. The Kier molecular flexibility index (Phi) is 3.34. The number of Topliss-reactive ketones (excluding diaryl/α,β-unsaturated/α-hetero) is 1. The highest BCUT2D eigenvalue weighted by Gasteiger charge is 2.29. The van der Waals surface area contributed by atoms with E-state index >= 15 is 0 Å². The molecule has 1 unspecified atom stereocenters. The Morgan fingerprint density at radius 3 is 2.88 bits per heavy atom. The molecule has 1 fully saturated rings. The van der Waals surface area contributed by atoms with Crippen LogP contribution >= 0.6 is 0 Å². The summed E-state index contributed by atoms with van der Waals surface area (Å²) >= 11 is 0. The number of ketones is 1. The predicted molar refractivity (Wildman–Crippen MR) is 60.4 cm³/mol. The second kappa shape index (κ2) is 4.74. The van der Waals surface area contributed by atoms with Crippen molar-refractivity contribution < 1.29 is 9.18 Å². The van der Waals surface area contributed by atoms with Crippen LogP contribution in [0.1, 0.15) is 24.8 Å². The molecule has 2 N–H and O–H groups in total. The maximum Gasteiger partial charge on any atom is 0.138 e. The summed E-state index contributed by atoms with van der Waals surface area (Å²) in [7, 11) is 0. The van der Waals surface area contributed by atoms with Gasteiger partial charge in [-0.1, -0.05) is 12.1 Å². The third-order valence-corrected chi connectivity index (χ3v) is 2.98. The number of carbonyl (C=O) groups excluding carboxylic acids is 1. The molecule has 0 saturated heterocycles. The van der Waals surface area contributed by atoms with E-state index in [0.717, 1.165) is 18.4 Å². The van der Waals surface area contributed by atoms with Gasteiger partial charge in [0, 0.05) is 18.9 Å². The third kappa shape index (κ3) is 3.14. The average molecular weight is 221 g/mol. The molecule has 0 heterocycles. The molecule has 1 aromatic rings. The van der Waals surface area contributed by atoms with Gasteiger partial charge in [0.1, 0.15) is 11.6 Å². The van der Waals surface area contributed by atoms with Gasteiger partial charge in [0.2, 0.25) is 0 Å². The summed E-state index contributed by atoms with van der Waals surface area (Å²) in [4.78, 5) is 11.7. The Bertz CT molecular complexity index is 387. The maximum absolute atomic E-state index is 12.9. The number of hydrogen-bond acceptors (Lipinski definition) is 2. The number of hydrogen-bond donors (Lipinski definition) is 1. The van der Waals surface area contributed by atoms with Gasteiger partial charge in [-0.2, -0.15) is 0 Å². The third-order valence-electron chi connectivity index (χ3n) is 2.98. The first-order valence-corrected chi connectivity index (χ1v) is 5.67. The molecule has 86 valence electrons. The second-order valence-corrected chi connectivity index (χ2v) is 4.55. The van der Waals surface area contributed by atoms with E-state index in [-0.39, 0.29) is 24.1 Å². The average Bonchev–Trinajstić information content (AvgIpc) is 2.99. The van der Waals surface area contributed by atoms with Gasteiger partial charge in [-0.3, -0.25) is 4.79 Å². The number of benzene rings is 1. The Hall–Kier alpha value is -1.22. The van der Waals surface area contributed by atoms with Gasteiger partial charge in [0.15, 0.2) is 0 Å². The van der Waals surface area contributed by atoms with Crippen LogP contribution in [-0.2, 0) is 11.2 Å². The lowest BCUT2D eigenvalue weighted by atomic mass is 10.0.